The number of fused-ring (bicyclic) bond motifs is 1. The van der Waals surface area contributed by atoms with Crippen molar-refractivity contribution in [2.24, 2.45) is 0 Å². The van der Waals surface area contributed by atoms with Gasteiger partial charge in [-0.3, -0.25) is 4.79 Å². The molecule has 1 unspecified atom stereocenters. The highest BCUT2D eigenvalue weighted by molar-refractivity contribution is 7.09. The second-order valence-electron chi connectivity index (χ2n) is 7.24. The van der Waals surface area contributed by atoms with Gasteiger partial charge in [0, 0.05) is 23.7 Å². The van der Waals surface area contributed by atoms with Crippen molar-refractivity contribution in [3.8, 4) is 11.4 Å². The van der Waals surface area contributed by atoms with E-state index in [4.69, 9.17) is 0 Å². The van der Waals surface area contributed by atoms with E-state index in [0.29, 0.717) is 17.9 Å². The molecule has 8 nitrogen and oxygen atoms in total. The number of carbonyl (C=O) groups is 1. The Morgan fingerprint density at radius 1 is 1.12 bits per heavy atom. The fraction of sp³-hybridized carbons (Fsp3) is 0.190. The molecule has 12 heteroatoms. The third-order valence-electron chi connectivity index (χ3n) is 5.07. The monoisotopic (exact) mass is 472 g/mol. The van der Waals surface area contributed by atoms with Crippen LogP contribution in [-0.4, -0.2) is 32.1 Å². The van der Waals surface area contributed by atoms with E-state index in [1.165, 1.54) is 12.4 Å². The van der Waals surface area contributed by atoms with Crippen LogP contribution < -0.4 is 10.2 Å². The van der Waals surface area contributed by atoms with Gasteiger partial charge in [0.2, 0.25) is 11.7 Å². The first-order valence-electron chi connectivity index (χ1n) is 9.79. The maximum absolute atomic E-state index is 12.9. The summed E-state index contributed by atoms with van der Waals surface area (Å²) in [6.07, 6.45) is -1.56. The van der Waals surface area contributed by atoms with Gasteiger partial charge in [0.25, 0.3) is 0 Å². The van der Waals surface area contributed by atoms with Gasteiger partial charge in [-0.25, -0.2) is 9.97 Å². The lowest BCUT2D eigenvalue weighted by Gasteiger charge is -2.37. The quantitative estimate of drug-likeness (QED) is 0.466. The van der Waals surface area contributed by atoms with Crippen LogP contribution in [-0.2, 0) is 23.9 Å². The summed E-state index contributed by atoms with van der Waals surface area (Å²) in [6, 6.07) is 10.9. The average Bonchev–Trinajstić information content (AvgIpc) is 3.49. The largest absolute Gasteiger partial charge is 0.471 e. The van der Waals surface area contributed by atoms with Gasteiger partial charge in [-0.2, -0.15) is 18.2 Å². The van der Waals surface area contributed by atoms with Crippen LogP contribution in [0, 0.1) is 0 Å². The van der Waals surface area contributed by atoms with Gasteiger partial charge in [0.05, 0.1) is 23.5 Å². The van der Waals surface area contributed by atoms with Crippen molar-refractivity contribution in [3.63, 3.8) is 0 Å². The molecule has 1 N–H and O–H groups in total. The molecule has 0 spiro atoms. The molecule has 0 bridgehead atoms. The van der Waals surface area contributed by atoms with Gasteiger partial charge >= 0.3 is 12.1 Å². The Kier molecular flexibility index (Phi) is 5.29. The number of alkyl halides is 3. The van der Waals surface area contributed by atoms with Crippen LogP contribution in [0.1, 0.15) is 16.6 Å². The number of nitrogens with one attached hydrogen (secondary N) is 1. The molecule has 33 heavy (non-hydrogen) atoms. The van der Waals surface area contributed by atoms with E-state index in [1.54, 1.807) is 11.3 Å². The molecule has 0 radical (unpaired) electrons. The van der Waals surface area contributed by atoms with Gasteiger partial charge in [0.15, 0.2) is 0 Å². The first-order chi connectivity index (χ1) is 15.9. The minimum absolute atomic E-state index is 0.134. The van der Waals surface area contributed by atoms with Crippen molar-refractivity contribution >= 4 is 28.6 Å². The van der Waals surface area contributed by atoms with Gasteiger partial charge in [-0.05, 0) is 23.6 Å². The van der Waals surface area contributed by atoms with E-state index in [9.17, 15) is 18.0 Å². The summed E-state index contributed by atoms with van der Waals surface area (Å²) in [5.74, 6) is -1.44. The lowest BCUT2D eigenvalue weighted by molar-refractivity contribution is -0.159. The van der Waals surface area contributed by atoms with Crippen LogP contribution >= 0.6 is 11.3 Å². The second-order valence-corrected chi connectivity index (χ2v) is 8.27. The summed E-state index contributed by atoms with van der Waals surface area (Å²) < 4.78 is 42.4. The second kappa shape index (κ2) is 8.28. The molecule has 4 heterocycles. The number of hydrogen-bond donors (Lipinski definition) is 1. The number of halogens is 3. The molecular weight excluding hydrogens is 457 g/mol. The normalized spacial score (nSPS) is 15.9. The van der Waals surface area contributed by atoms with E-state index in [1.807, 2.05) is 46.7 Å². The molecule has 0 fully saturated rings. The number of anilines is 2. The van der Waals surface area contributed by atoms with Crippen LogP contribution in [0.5, 0.6) is 0 Å². The highest BCUT2D eigenvalue weighted by atomic mass is 32.1. The molecule has 4 aromatic rings. The molecular formula is C21H15F3N6O2S. The van der Waals surface area contributed by atoms with Crippen molar-refractivity contribution in [2.45, 2.75) is 25.2 Å². The summed E-state index contributed by atoms with van der Waals surface area (Å²) in [5, 5.41) is 8.25. The molecule has 1 amide bonds. The predicted octanol–water partition coefficient (Wildman–Crippen LogP) is 4.18. The topological polar surface area (TPSA) is 97.0 Å². The molecule has 1 atom stereocenters. The Labute approximate surface area is 189 Å². The van der Waals surface area contributed by atoms with E-state index in [0.717, 1.165) is 10.6 Å². The number of carbonyl (C=O) groups excluding carboxylic acids is 1. The van der Waals surface area contributed by atoms with Gasteiger partial charge in [0.1, 0.15) is 11.9 Å². The summed E-state index contributed by atoms with van der Waals surface area (Å²) in [5.41, 5.74) is 1.71. The number of benzene rings is 1. The van der Waals surface area contributed by atoms with Crippen LogP contribution in [0.25, 0.3) is 11.4 Å². The Balaban J connectivity index is 1.42. The van der Waals surface area contributed by atoms with Crippen LogP contribution in [0.2, 0.25) is 0 Å². The minimum atomic E-state index is -4.73. The number of aromatic nitrogens is 4. The zero-order valence-electron chi connectivity index (χ0n) is 16.8. The number of thiophene rings is 1. The van der Waals surface area contributed by atoms with E-state index in [-0.39, 0.29) is 23.8 Å². The van der Waals surface area contributed by atoms with Crippen molar-refractivity contribution in [2.75, 3.05) is 10.2 Å². The van der Waals surface area contributed by atoms with Crippen LogP contribution in [0.4, 0.5) is 24.5 Å². The number of rotatable bonds is 5. The zero-order chi connectivity index (χ0) is 23.0. The number of amides is 1. The minimum Gasteiger partial charge on any atom is -0.350 e. The molecule has 0 saturated heterocycles. The highest BCUT2D eigenvalue weighted by Crippen LogP contribution is 2.34. The van der Waals surface area contributed by atoms with E-state index in [2.05, 4.69) is 29.9 Å². The van der Waals surface area contributed by atoms with Crippen LogP contribution in [0.3, 0.4) is 0 Å². The molecule has 5 rings (SSSR count). The first-order valence-corrected chi connectivity index (χ1v) is 10.7. The molecule has 0 saturated carbocycles. The third kappa shape index (κ3) is 4.29. The summed E-state index contributed by atoms with van der Waals surface area (Å²) in [6.45, 7) is 0.223. The maximum atomic E-state index is 12.9. The zero-order valence-corrected chi connectivity index (χ0v) is 17.6. The summed E-state index contributed by atoms with van der Waals surface area (Å²) in [7, 11) is 0. The SMILES string of the molecule is O=C1Nc2ccccc2N(Cc2ncc(-c3noc(C(F)(F)F)n3)cn2)C1Cc1cccs1. The van der Waals surface area contributed by atoms with Crippen molar-refractivity contribution in [3.05, 3.63) is 70.8 Å². The molecule has 168 valence electrons. The van der Waals surface area contributed by atoms with Gasteiger partial charge < -0.3 is 14.7 Å². The maximum Gasteiger partial charge on any atom is 0.471 e. The van der Waals surface area contributed by atoms with Crippen LogP contribution in [0.15, 0.2) is 58.7 Å². The van der Waals surface area contributed by atoms with Crippen molar-refractivity contribution in [1.82, 2.24) is 20.1 Å². The average molecular weight is 472 g/mol. The van der Waals surface area contributed by atoms with Crippen molar-refractivity contribution < 1.29 is 22.5 Å². The smallest absolute Gasteiger partial charge is 0.350 e. The molecule has 3 aromatic heterocycles. The molecule has 1 aromatic carbocycles. The summed E-state index contributed by atoms with van der Waals surface area (Å²) >= 11 is 1.57. The number of hydrogen-bond acceptors (Lipinski definition) is 8. The number of para-hydroxylation sites is 2. The fourth-order valence-electron chi connectivity index (χ4n) is 3.53. The Morgan fingerprint density at radius 2 is 1.91 bits per heavy atom. The molecule has 1 aliphatic rings. The Morgan fingerprint density at radius 3 is 2.61 bits per heavy atom. The summed E-state index contributed by atoms with van der Waals surface area (Å²) in [4.78, 5) is 27.8. The Hall–Kier alpha value is -3.80. The lowest BCUT2D eigenvalue weighted by Crippen LogP contribution is -2.49. The van der Waals surface area contributed by atoms with Crippen molar-refractivity contribution in [1.29, 1.82) is 0 Å². The Bertz CT molecular complexity index is 1270. The molecule has 0 aliphatic carbocycles. The standard InChI is InChI=1S/C21H15F3N6O2S/c22-21(23,24)20-28-18(29-32-20)12-9-25-17(26-10-12)11-30-15-6-2-1-5-14(15)27-19(31)16(30)8-13-4-3-7-33-13/h1-7,9-10,16H,8,11H2,(H,27,31). The first kappa shape index (κ1) is 21.1. The van der Waals surface area contributed by atoms with Gasteiger partial charge in [-0.15, -0.1) is 11.3 Å². The lowest BCUT2D eigenvalue weighted by atomic mass is 10.0. The fourth-order valence-corrected chi connectivity index (χ4v) is 4.28. The highest BCUT2D eigenvalue weighted by Gasteiger charge is 2.38. The predicted molar refractivity (Wildman–Crippen MR) is 113 cm³/mol. The van der Waals surface area contributed by atoms with E-state index < -0.39 is 18.1 Å². The third-order valence-corrected chi connectivity index (χ3v) is 5.97. The number of nitrogens with zero attached hydrogens (tertiary/aromatic N) is 5. The van der Waals surface area contributed by atoms with Gasteiger partial charge in [-0.1, -0.05) is 23.4 Å². The van der Waals surface area contributed by atoms with E-state index >= 15 is 0 Å². The molecule has 1 aliphatic heterocycles.